The quantitative estimate of drug-likeness (QED) is 0.732. The first kappa shape index (κ1) is 15.5. The maximum Gasteiger partial charge on any atom is 0.230 e. The minimum Gasteiger partial charge on any atom is -0.351 e. The zero-order chi connectivity index (χ0) is 16.1. The molecule has 4 nitrogen and oxygen atoms in total. The number of aryl methyl sites for hydroxylation is 1. The molecule has 0 saturated carbocycles. The van der Waals surface area contributed by atoms with Crippen molar-refractivity contribution in [2.24, 2.45) is 0 Å². The van der Waals surface area contributed by atoms with Crippen molar-refractivity contribution in [2.75, 3.05) is 5.75 Å². The van der Waals surface area contributed by atoms with Crippen LogP contribution in [0.25, 0.3) is 10.9 Å². The Morgan fingerprint density at radius 2 is 2.09 bits per heavy atom. The van der Waals surface area contributed by atoms with Crippen molar-refractivity contribution in [2.45, 2.75) is 18.5 Å². The molecule has 0 unspecified atom stereocenters. The molecule has 0 fully saturated rings. The van der Waals surface area contributed by atoms with E-state index in [1.807, 2.05) is 36.4 Å². The molecule has 0 bridgehead atoms. The highest BCUT2D eigenvalue weighted by Gasteiger charge is 2.06. The molecule has 1 aromatic carbocycles. The molecule has 0 aliphatic heterocycles. The molecule has 1 amide bonds. The summed E-state index contributed by atoms with van der Waals surface area (Å²) in [4.78, 5) is 20.6. The number of carbonyl (C=O) groups is 1. The predicted octanol–water partition coefficient (Wildman–Crippen LogP) is 3.35. The van der Waals surface area contributed by atoms with Crippen molar-refractivity contribution in [3.8, 4) is 0 Å². The first-order valence-corrected chi connectivity index (χ1v) is 8.36. The number of thioether (sulfide) groups is 1. The van der Waals surface area contributed by atoms with Gasteiger partial charge in [-0.3, -0.25) is 9.78 Å². The summed E-state index contributed by atoms with van der Waals surface area (Å²) < 4.78 is 0. The van der Waals surface area contributed by atoms with Crippen LogP contribution in [-0.2, 0) is 11.3 Å². The number of fused-ring (bicyclic) bond motifs is 1. The largest absolute Gasteiger partial charge is 0.351 e. The molecular weight excluding hydrogens is 306 g/mol. The minimum atomic E-state index is -0.00790. The highest BCUT2D eigenvalue weighted by Crippen LogP contribution is 2.23. The molecule has 0 spiro atoms. The zero-order valence-electron chi connectivity index (χ0n) is 12.8. The summed E-state index contributed by atoms with van der Waals surface area (Å²) >= 11 is 1.45. The molecule has 0 aliphatic carbocycles. The maximum atomic E-state index is 12.0. The molecule has 5 heteroatoms. The third-order valence-electron chi connectivity index (χ3n) is 3.46. The van der Waals surface area contributed by atoms with E-state index in [2.05, 4.69) is 28.3 Å². The molecule has 23 heavy (non-hydrogen) atoms. The molecule has 3 rings (SSSR count). The summed E-state index contributed by atoms with van der Waals surface area (Å²) in [6, 6.07) is 13.9. The fraction of sp³-hybridized carbons (Fsp3) is 0.167. The van der Waals surface area contributed by atoms with Gasteiger partial charge in [0.05, 0.1) is 16.3 Å². The molecule has 116 valence electrons. The number of rotatable bonds is 5. The maximum absolute atomic E-state index is 12.0. The Bertz CT molecular complexity index is 821. The van der Waals surface area contributed by atoms with E-state index < -0.39 is 0 Å². The normalized spacial score (nSPS) is 10.7. The van der Waals surface area contributed by atoms with Crippen LogP contribution in [0.3, 0.4) is 0 Å². The molecule has 0 aliphatic rings. The number of aromatic nitrogens is 2. The van der Waals surface area contributed by atoms with Crippen molar-refractivity contribution in [1.82, 2.24) is 15.3 Å². The van der Waals surface area contributed by atoms with Crippen LogP contribution in [0.5, 0.6) is 0 Å². The van der Waals surface area contributed by atoms with Crippen molar-refractivity contribution in [1.29, 1.82) is 0 Å². The van der Waals surface area contributed by atoms with E-state index in [0.29, 0.717) is 12.3 Å². The zero-order valence-corrected chi connectivity index (χ0v) is 13.6. The van der Waals surface area contributed by atoms with Crippen LogP contribution in [0.2, 0.25) is 0 Å². The van der Waals surface area contributed by atoms with Gasteiger partial charge < -0.3 is 5.32 Å². The fourth-order valence-electron chi connectivity index (χ4n) is 2.29. The Hall–Kier alpha value is -2.40. The van der Waals surface area contributed by atoms with Gasteiger partial charge in [-0.2, -0.15) is 0 Å². The van der Waals surface area contributed by atoms with Gasteiger partial charge in [0.1, 0.15) is 0 Å². The number of para-hydroxylation sites is 1. The first-order valence-electron chi connectivity index (χ1n) is 7.37. The van der Waals surface area contributed by atoms with Gasteiger partial charge in [-0.25, -0.2) is 4.98 Å². The van der Waals surface area contributed by atoms with Crippen molar-refractivity contribution in [3.63, 3.8) is 0 Å². The first-order chi connectivity index (χ1) is 11.2. The number of benzene rings is 1. The van der Waals surface area contributed by atoms with Crippen molar-refractivity contribution in [3.05, 3.63) is 66.0 Å². The predicted molar refractivity (Wildman–Crippen MR) is 93.3 cm³/mol. The van der Waals surface area contributed by atoms with Gasteiger partial charge in [-0.1, -0.05) is 36.0 Å². The van der Waals surface area contributed by atoms with Crippen LogP contribution in [-0.4, -0.2) is 21.6 Å². The van der Waals surface area contributed by atoms with Gasteiger partial charge in [0, 0.05) is 24.3 Å². The van der Waals surface area contributed by atoms with Crippen LogP contribution < -0.4 is 5.32 Å². The lowest BCUT2D eigenvalue weighted by molar-refractivity contribution is -0.118. The molecule has 0 saturated heterocycles. The SMILES string of the molecule is Cc1cc(SCC(=O)NCc2cccnc2)nc2ccccc12. The Labute approximate surface area is 139 Å². The van der Waals surface area contributed by atoms with E-state index in [9.17, 15) is 4.79 Å². The van der Waals surface area contributed by atoms with Gasteiger partial charge in [0.15, 0.2) is 0 Å². The summed E-state index contributed by atoms with van der Waals surface area (Å²) in [5, 5.41) is 4.92. The lowest BCUT2D eigenvalue weighted by Gasteiger charge is -2.07. The number of amides is 1. The monoisotopic (exact) mass is 323 g/mol. The second-order valence-electron chi connectivity index (χ2n) is 5.22. The number of hydrogen-bond acceptors (Lipinski definition) is 4. The van der Waals surface area contributed by atoms with Crippen molar-refractivity contribution >= 4 is 28.6 Å². The van der Waals surface area contributed by atoms with Crippen LogP contribution in [0.15, 0.2) is 59.9 Å². The number of hydrogen-bond donors (Lipinski definition) is 1. The highest BCUT2D eigenvalue weighted by molar-refractivity contribution is 7.99. The molecule has 0 atom stereocenters. The Morgan fingerprint density at radius 3 is 2.91 bits per heavy atom. The summed E-state index contributed by atoms with van der Waals surface area (Å²) in [5.41, 5.74) is 3.13. The second-order valence-corrected chi connectivity index (χ2v) is 6.22. The van der Waals surface area contributed by atoms with E-state index in [0.717, 1.165) is 21.5 Å². The van der Waals surface area contributed by atoms with E-state index in [1.165, 1.54) is 17.3 Å². The van der Waals surface area contributed by atoms with Crippen molar-refractivity contribution < 1.29 is 4.79 Å². The Morgan fingerprint density at radius 1 is 1.22 bits per heavy atom. The standard InChI is InChI=1S/C18H17N3OS/c1-13-9-18(21-16-7-3-2-6-15(13)16)23-12-17(22)20-11-14-5-4-8-19-10-14/h2-10H,11-12H2,1H3,(H,20,22). The van der Waals surface area contributed by atoms with Gasteiger partial charge in [-0.05, 0) is 36.2 Å². The topological polar surface area (TPSA) is 54.9 Å². The molecular formula is C18H17N3OS. The Balaban J connectivity index is 1.58. The third kappa shape index (κ3) is 4.07. The van der Waals surface area contributed by atoms with Gasteiger partial charge in [0.2, 0.25) is 5.91 Å². The summed E-state index contributed by atoms with van der Waals surface area (Å²) in [5.74, 6) is 0.344. The molecule has 1 N–H and O–H groups in total. The van der Waals surface area contributed by atoms with E-state index in [1.54, 1.807) is 12.4 Å². The second kappa shape index (κ2) is 7.24. The lowest BCUT2D eigenvalue weighted by atomic mass is 10.1. The highest BCUT2D eigenvalue weighted by atomic mass is 32.2. The molecule has 3 aromatic rings. The number of nitrogens with zero attached hydrogens (tertiary/aromatic N) is 2. The summed E-state index contributed by atoms with van der Waals surface area (Å²) in [6.45, 7) is 2.56. The number of pyridine rings is 2. The van der Waals surface area contributed by atoms with E-state index >= 15 is 0 Å². The van der Waals surface area contributed by atoms with Gasteiger partial charge >= 0.3 is 0 Å². The van der Waals surface area contributed by atoms with E-state index in [-0.39, 0.29) is 5.91 Å². The molecule has 2 heterocycles. The fourth-order valence-corrected chi connectivity index (χ4v) is 3.09. The average Bonchev–Trinajstić information content (AvgIpc) is 2.59. The van der Waals surface area contributed by atoms with Crippen LogP contribution >= 0.6 is 11.8 Å². The summed E-state index contributed by atoms with van der Waals surface area (Å²) in [6.07, 6.45) is 3.47. The van der Waals surface area contributed by atoms with Crippen LogP contribution in [0.1, 0.15) is 11.1 Å². The third-order valence-corrected chi connectivity index (χ3v) is 4.37. The summed E-state index contributed by atoms with van der Waals surface area (Å²) in [7, 11) is 0. The number of nitrogens with one attached hydrogen (secondary N) is 1. The smallest absolute Gasteiger partial charge is 0.230 e. The van der Waals surface area contributed by atoms with E-state index in [4.69, 9.17) is 0 Å². The minimum absolute atomic E-state index is 0.00790. The Kier molecular flexibility index (Phi) is 4.88. The van der Waals surface area contributed by atoms with Gasteiger partial charge in [-0.15, -0.1) is 0 Å². The van der Waals surface area contributed by atoms with Crippen LogP contribution in [0, 0.1) is 6.92 Å². The lowest BCUT2D eigenvalue weighted by Crippen LogP contribution is -2.24. The van der Waals surface area contributed by atoms with Crippen LogP contribution in [0.4, 0.5) is 0 Å². The average molecular weight is 323 g/mol. The van der Waals surface area contributed by atoms with Gasteiger partial charge in [0.25, 0.3) is 0 Å². The molecule has 2 aromatic heterocycles. The molecule has 0 radical (unpaired) electrons. The number of carbonyl (C=O) groups excluding carboxylic acids is 1.